The number of hydrogen-bond acceptors (Lipinski definition) is 1. The lowest BCUT2D eigenvalue weighted by molar-refractivity contribution is 1.18. The number of nitrogens with zero attached hydrogens (tertiary/aromatic N) is 2. The number of pyridine rings is 1. The third kappa shape index (κ3) is 5.61. The highest BCUT2D eigenvalue weighted by Crippen LogP contribution is 2.37. The number of hydrogen-bond donors (Lipinski definition) is 0. The van der Waals surface area contributed by atoms with Crippen LogP contribution in [0.15, 0.2) is 219 Å². The van der Waals surface area contributed by atoms with E-state index in [0.29, 0.717) is 0 Å². The molecular formula is C56H38N2. The van der Waals surface area contributed by atoms with Gasteiger partial charge in [0.2, 0.25) is 0 Å². The van der Waals surface area contributed by atoms with E-state index >= 15 is 0 Å². The molecule has 2 heterocycles. The second-order valence-electron chi connectivity index (χ2n) is 15.2. The van der Waals surface area contributed by atoms with Crippen molar-refractivity contribution in [3.8, 4) is 5.69 Å². The molecular weight excluding hydrogens is 701 g/mol. The molecule has 2 heteroatoms. The van der Waals surface area contributed by atoms with Crippen molar-refractivity contribution in [1.82, 2.24) is 9.55 Å². The van der Waals surface area contributed by atoms with E-state index in [1.54, 1.807) is 0 Å². The lowest BCUT2D eigenvalue weighted by Crippen LogP contribution is -2.30. The predicted octanol–water partition coefficient (Wildman–Crippen LogP) is 12.6. The lowest BCUT2D eigenvalue weighted by atomic mass is 9.87. The quantitative estimate of drug-likeness (QED) is 0.176. The standard InChI is InChI=1S/C56H38N2/c1-37-33-41(43-28-30-54-52(35-43)53-36-57-32-31-55(53)58(54)44-29-27-38-13-2-3-16-42(38)34-44)19-12-25-48(47-24-10-17-39-14-4-6-20-45(39)47)49-22-8-9-23-51(49)56(37)50-26-11-18-40-15-5-7-21-46(40)50/h2-24,26-36H,1,25H2/b19-12-,41-33+,49-48+,56-51+. The monoisotopic (exact) mass is 738 g/mol. The van der Waals surface area contributed by atoms with Crippen molar-refractivity contribution in [1.29, 1.82) is 0 Å². The number of rotatable bonds is 4. The van der Waals surface area contributed by atoms with Crippen LogP contribution in [0.25, 0.3) is 76.5 Å². The fourth-order valence-corrected chi connectivity index (χ4v) is 9.18. The summed E-state index contributed by atoms with van der Waals surface area (Å²) >= 11 is 0. The number of allylic oxidation sites excluding steroid dienone is 5. The Morgan fingerprint density at radius 1 is 0.500 bits per heavy atom. The van der Waals surface area contributed by atoms with Gasteiger partial charge in [-0.25, -0.2) is 0 Å². The van der Waals surface area contributed by atoms with Gasteiger partial charge in [0.05, 0.1) is 11.0 Å². The molecule has 0 bridgehead atoms. The third-order valence-electron chi connectivity index (χ3n) is 11.9. The van der Waals surface area contributed by atoms with Crippen molar-refractivity contribution in [2.75, 3.05) is 0 Å². The fourth-order valence-electron chi connectivity index (χ4n) is 9.18. The molecule has 0 spiro atoms. The summed E-state index contributed by atoms with van der Waals surface area (Å²) in [6, 6.07) is 63.9. The zero-order chi connectivity index (χ0) is 38.6. The first-order valence-corrected chi connectivity index (χ1v) is 19.9. The molecule has 0 radical (unpaired) electrons. The zero-order valence-electron chi connectivity index (χ0n) is 31.9. The minimum Gasteiger partial charge on any atom is -0.309 e. The summed E-state index contributed by atoms with van der Waals surface area (Å²) in [6.45, 7) is 4.89. The van der Waals surface area contributed by atoms with Crippen LogP contribution in [0.1, 0.15) is 23.1 Å². The Bertz CT molecular complexity index is 3490. The van der Waals surface area contributed by atoms with Gasteiger partial charge in [0, 0.05) is 28.9 Å². The van der Waals surface area contributed by atoms with E-state index in [1.165, 1.54) is 59.5 Å². The Kier molecular flexibility index (Phi) is 8.08. The molecule has 2 aromatic heterocycles. The van der Waals surface area contributed by atoms with Crippen molar-refractivity contribution < 1.29 is 0 Å². The van der Waals surface area contributed by atoms with Gasteiger partial charge in [0.1, 0.15) is 0 Å². The van der Waals surface area contributed by atoms with Gasteiger partial charge in [-0.2, -0.15) is 0 Å². The van der Waals surface area contributed by atoms with Gasteiger partial charge >= 0.3 is 0 Å². The van der Waals surface area contributed by atoms with Crippen LogP contribution < -0.4 is 10.4 Å². The highest BCUT2D eigenvalue weighted by Gasteiger charge is 2.18. The summed E-state index contributed by atoms with van der Waals surface area (Å²) in [7, 11) is 0. The maximum absolute atomic E-state index is 4.89. The van der Waals surface area contributed by atoms with Gasteiger partial charge in [0.25, 0.3) is 0 Å². The molecule has 0 aliphatic heterocycles. The van der Waals surface area contributed by atoms with Crippen LogP contribution in [0.3, 0.4) is 0 Å². The molecule has 8 aromatic carbocycles. The molecule has 0 N–H and O–H groups in total. The van der Waals surface area contributed by atoms with Crippen LogP contribution in [0.4, 0.5) is 0 Å². The average Bonchev–Trinajstić information content (AvgIpc) is 3.61. The Labute approximate surface area is 337 Å². The van der Waals surface area contributed by atoms with Crippen molar-refractivity contribution in [2.45, 2.75) is 6.42 Å². The van der Waals surface area contributed by atoms with E-state index in [2.05, 4.69) is 204 Å². The van der Waals surface area contributed by atoms with E-state index in [0.717, 1.165) is 56.2 Å². The Hall–Kier alpha value is -7.55. The van der Waals surface area contributed by atoms with Gasteiger partial charge in [-0.1, -0.05) is 164 Å². The fraction of sp³-hybridized carbons (Fsp3) is 0.0179. The molecule has 0 saturated carbocycles. The Morgan fingerprint density at radius 3 is 1.97 bits per heavy atom. The molecule has 0 amide bonds. The highest BCUT2D eigenvalue weighted by atomic mass is 15.0. The van der Waals surface area contributed by atoms with Crippen molar-refractivity contribution in [3.63, 3.8) is 0 Å². The van der Waals surface area contributed by atoms with Crippen LogP contribution in [0, 0.1) is 0 Å². The molecule has 1 aliphatic rings. The van der Waals surface area contributed by atoms with Crippen LogP contribution in [0.2, 0.25) is 0 Å². The second kappa shape index (κ2) is 13.9. The van der Waals surface area contributed by atoms with Crippen molar-refractivity contribution in [2.24, 2.45) is 0 Å². The van der Waals surface area contributed by atoms with Gasteiger partial charge in [-0.15, -0.1) is 0 Å². The van der Waals surface area contributed by atoms with Crippen LogP contribution in [-0.2, 0) is 0 Å². The highest BCUT2D eigenvalue weighted by molar-refractivity contribution is 6.10. The summed E-state index contributed by atoms with van der Waals surface area (Å²) in [4.78, 5) is 4.61. The van der Waals surface area contributed by atoms with Gasteiger partial charge in [0.15, 0.2) is 0 Å². The first-order valence-electron chi connectivity index (χ1n) is 19.9. The minimum atomic E-state index is 0.755. The SMILES string of the molecule is C=C1/C=C(c2ccc3c(c2)c2cnccc2n3-c2ccc3ccccc3c2)\C=C/C/C(c2cccc3ccccc23)=c2/cccc/c2=C/1c1cccc2ccccc12. The van der Waals surface area contributed by atoms with E-state index in [1.807, 2.05) is 12.4 Å². The Morgan fingerprint density at radius 2 is 1.16 bits per heavy atom. The van der Waals surface area contributed by atoms with E-state index < -0.39 is 0 Å². The smallest absolute Gasteiger partial charge is 0.0571 e. The molecule has 0 fully saturated rings. The topological polar surface area (TPSA) is 17.8 Å². The van der Waals surface area contributed by atoms with Crippen LogP contribution in [0.5, 0.6) is 0 Å². The molecule has 0 unspecified atom stereocenters. The summed E-state index contributed by atoms with van der Waals surface area (Å²) in [5.41, 5.74) is 11.5. The van der Waals surface area contributed by atoms with E-state index in [4.69, 9.17) is 6.58 Å². The molecule has 0 atom stereocenters. The number of benzene rings is 8. The zero-order valence-corrected chi connectivity index (χ0v) is 31.9. The first-order chi connectivity index (χ1) is 28.7. The molecule has 0 saturated heterocycles. The second-order valence-corrected chi connectivity index (χ2v) is 15.2. The van der Waals surface area contributed by atoms with E-state index in [9.17, 15) is 0 Å². The van der Waals surface area contributed by atoms with Crippen LogP contribution >= 0.6 is 0 Å². The largest absolute Gasteiger partial charge is 0.309 e. The normalized spacial score (nSPS) is 16.8. The summed E-state index contributed by atoms with van der Waals surface area (Å²) in [6.07, 6.45) is 11.6. The van der Waals surface area contributed by atoms with Crippen molar-refractivity contribution >= 4 is 70.8 Å². The molecule has 11 rings (SSSR count). The Balaban J connectivity index is 1.16. The van der Waals surface area contributed by atoms with Gasteiger partial charge in [-0.05, 0) is 125 Å². The van der Waals surface area contributed by atoms with Crippen molar-refractivity contribution in [3.05, 3.63) is 246 Å². The molecule has 10 aromatic rings. The third-order valence-corrected chi connectivity index (χ3v) is 11.9. The van der Waals surface area contributed by atoms with E-state index in [-0.39, 0.29) is 0 Å². The maximum atomic E-state index is 4.89. The number of fused-ring (bicyclic) bond motifs is 7. The molecule has 58 heavy (non-hydrogen) atoms. The van der Waals surface area contributed by atoms with Gasteiger partial charge in [-0.3, -0.25) is 4.98 Å². The average molecular weight is 739 g/mol. The summed E-state index contributed by atoms with van der Waals surface area (Å²) < 4.78 is 2.37. The van der Waals surface area contributed by atoms with Gasteiger partial charge < -0.3 is 4.57 Å². The molecule has 272 valence electrons. The summed E-state index contributed by atoms with van der Waals surface area (Å²) in [5.74, 6) is 0. The minimum absolute atomic E-state index is 0.755. The predicted molar refractivity (Wildman–Crippen MR) is 246 cm³/mol. The molecule has 1 aliphatic carbocycles. The first kappa shape index (κ1) is 33.8. The summed E-state index contributed by atoms with van der Waals surface area (Å²) in [5, 5.41) is 12.0. The molecule has 2 nitrogen and oxygen atoms in total. The van der Waals surface area contributed by atoms with Crippen LogP contribution in [-0.4, -0.2) is 9.55 Å². The lowest BCUT2D eigenvalue weighted by Gasteiger charge is -2.17. The number of aromatic nitrogens is 2. The maximum Gasteiger partial charge on any atom is 0.0571 e.